The number of rotatable bonds is 7. The van der Waals surface area contributed by atoms with E-state index in [-0.39, 0.29) is 23.0 Å². The van der Waals surface area contributed by atoms with Crippen molar-refractivity contribution in [3.63, 3.8) is 0 Å². The maximum Gasteiger partial charge on any atom is 0.310 e. The van der Waals surface area contributed by atoms with Gasteiger partial charge in [-0.05, 0) is 36.8 Å². The smallest absolute Gasteiger partial charge is 0.310 e. The summed E-state index contributed by atoms with van der Waals surface area (Å²) in [5.74, 6) is -0.177. The predicted molar refractivity (Wildman–Crippen MR) is 98.0 cm³/mol. The Hall–Kier alpha value is -2.94. The average Bonchev–Trinajstić information content (AvgIpc) is 2.59. The summed E-state index contributed by atoms with van der Waals surface area (Å²) in [4.78, 5) is 22.0. The lowest BCUT2D eigenvalue weighted by Crippen LogP contribution is -2.22. The number of hydrogen-bond donors (Lipinski definition) is 2. The minimum atomic E-state index is -3.73. The molecule has 0 aromatic heterocycles. The van der Waals surface area contributed by atoms with E-state index in [0.29, 0.717) is 12.1 Å². The molecule has 1 amide bonds. The average molecular weight is 377 g/mol. The molecule has 2 rings (SSSR count). The maximum absolute atomic E-state index is 11.8. The summed E-state index contributed by atoms with van der Waals surface area (Å²) in [6.45, 7) is 2.60. The summed E-state index contributed by atoms with van der Waals surface area (Å²) in [6, 6.07) is 10.9. The molecule has 0 saturated carbocycles. The van der Waals surface area contributed by atoms with Crippen LogP contribution in [0.1, 0.15) is 22.8 Å². The first-order valence-electron chi connectivity index (χ1n) is 7.82. The van der Waals surface area contributed by atoms with Crippen LogP contribution < -0.4 is 10.6 Å². The van der Waals surface area contributed by atoms with Crippen molar-refractivity contribution in [3.8, 4) is 0 Å². The number of sulfone groups is 1. The van der Waals surface area contributed by atoms with Gasteiger partial charge in [-0.1, -0.05) is 18.2 Å². The predicted octanol–water partition coefficient (Wildman–Crippen LogP) is 2.36. The van der Waals surface area contributed by atoms with E-state index in [1.165, 1.54) is 18.2 Å². The van der Waals surface area contributed by atoms with Gasteiger partial charge in [0.1, 0.15) is 10.6 Å². The molecule has 0 aliphatic heterocycles. The second kappa shape index (κ2) is 7.96. The number of amides is 1. The van der Waals surface area contributed by atoms with Gasteiger partial charge in [-0.15, -0.1) is 0 Å². The van der Waals surface area contributed by atoms with Gasteiger partial charge in [-0.2, -0.15) is 0 Å². The SMILES string of the molecule is CCNC(=O)c1ccc(CNc2cccc(S(C)(=O)=O)c2[N+](=O)[O-])cc1. The van der Waals surface area contributed by atoms with Gasteiger partial charge in [0.2, 0.25) is 0 Å². The first kappa shape index (κ1) is 19.4. The summed E-state index contributed by atoms with van der Waals surface area (Å²) >= 11 is 0. The van der Waals surface area contributed by atoms with E-state index < -0.39 is 20.4 Å². The number of para-hydroxylation sites is 1. The molecule has 26 heavy (non-hydrogen) atoms. The van der Waals surface area contributed by atoms with Crippen molar-refractivity contribution in [1.29, 1.82) is 0 Å². The number of nitro groups is 1. The number of carbonyl (C=O) groups excluding carboxylic acids is 1. The number of benzene rings is 2. The van der Waals surface area contributed by atoms with Crippen LogP contribution in [0.25, 0.3) is 0 Å². The highest BCUT2D eigenvalue weighted by atomic mass is 32.2. The zero-order chi connectivity index (χ0) is 19.3. The molecule has 0 unspecified atom stereocenters. The van der Waals surface area contributed by atoms with Crippen molar-refractivity contribution >= 4 is 27.1 Å². The largest absolute Gasteiger partial charge is 0.375 e. The highest BCUT2D eigenvalue weighted by Crippen LogP contribution is 2.32. The zero-order valence-corrected chi connectivity index (χ0v) is 15.2. The Morgan fingerprint density at radius 2 is 1.81 bits per heavy atom. The van der Waals surface area contributed by atoms with Gasteiger partial charge >= 0.3 is 5.69 Å². The molecule has 0 spiro atoms. The van der Waals surface area contributed by atoms with Crippen LogP contribution in [-0.4, -0.2) is 32.0 Å². The second-order valence-corrected chi connectivity index (χ2v) is 7.58. The van der Waals surface area contributed by atoms with Crippen molar-refractivity contribution in [1.82, 2.24) is 5.32 Å². The Kier molecular flexibility index (Phi) is 5.93. The number of anilines is 1. The maximum atomic E-state index is 11.8. The number of carbonyl (C=O) groups is 1. The minimum Gasteiger partial charge on any atom is -0.375 e. The molecule has 0 fully saturated rings. The molecular weight excluding hydrogens is 358 g/mol. The highest BCUT2D eigenvalue weighted by Gasteiger charge is 2.25. The molecule has 138 valence electrons. The van der Waals surface area contributed by atoms with Gasteiger partial charge in [-0.25, -0.2) is 8.42 Å². The Balaban J connectivity index is 2.22. The molecule has 2 aromatic rings. The molecular formula is C17H19N3O5S. The van der Waals surface area contributed by atoms with E-state index in [0.717, 1.165) is 11.8 Å². The fraction of sp³-hybridized carbons (Fsp3) is 0.235. The standard InChI is InChI=1S/C17H19N3O5S/c1-3-18-17(21)13-9-7-12(8-10-13)11-19-14-5-4-6-15(26(2,24)25)16(14)20(22)23/h4-10,19H,3,11H2,1-2H3,(H,18,21). The molecule has 0 atom stereocenters. The van der Waals surface area contributed by atoms with Crippen molar-refractivity contribution in [2.45, 2.75) is 18.4 Å². The minimum absolute atomic E-state index is 0.116. The van der Waals surface area contributed by atoms with Crippen LogP contribution in [0.3, 0.4) is 0 Å². The van der Waals surface area contributed by atoms with Gasteiger partial charge < -0.3 is 10.6 Å². The molecule has 0 radical (unpaired) electrons. The van der Waals surface area contributed by atoms with Gasteiger partial charge in [-0.3, -0.25) is 14.9 Å². The Morgan fingerprint density at radius 1 is 1.15 bits per heavy atom. The van der Waals surface area contributed by atoms with E-state index in [2.05, 4.69) is 10.6 Å². The van der Waals surface area contributed by atoms with Crippen LogP contribution in [0, 0.1) is 10.1 Å². The number of nitro benzene ring substituents is 1. The molecule has 8 nitrogen and oxygen atoms in total. The van der Waals surface area contributed by atoms with Crippen LogP contribution in [0.4, 0.5) is 11.4 Å². The second-order valence-electron chi connectivity index (χ2n) is 5.59. The highest BCUT2D eigenvalue weighted by molar-refractivity contribution is 7.90. The lowest BCUT2D eigenvalue weighted by molar-refractivity contribution is -0.386. The summed E-state index contributed by atoms with van der Waals surface area (Å²) in [7, 11) is -3.73. The van der Waals surface area contributed by atoms with Gasteiger partial charge in [0.05, 0.1) is 4.92 Å². The van der Waals surface area contributed by atoms with Gasteiger partial charge in [0.15, 0.2) is 9.84 Å². The van der Waals surface area contributed by atoms with Crippen LogP contribution in [0.5, 0.6) is 0 Å². The molecule has 0 heterocycles. The molecule has 2 aromatic carbocycles. The summed E-state index contributed by atoms with van der Waals surface area (Å²) in [5, 5.41) is 16.9. The molecule has 0 saturated heterocycles. The number of nitrogens with one attached hydrogen (secondary N) is 2. The third kappa shape index (κ3) is 4.57. The van der Waals surface area contributed by atoms with E-state index in [1.54, 1.807) is 24.3 Å². The summed E-state index contributed by atoms with van der Waals surface area (Å²) in [5.41, 5.74) is 0.942. The topological polar surface area (TPSA) is 118 Å². The fourth-order valence-corrected chi connectivity index (χ4v) is 3.25. The molecule has 0 aliphatic rings. The first-order chi connectivity index (χ1) is 12.2. The number of hydrogen-bond acceptors (Lipinski definition) is 6. The normalized spacial score (nSPS) is 11.0. The van der Waals surface area contributed by atoms with Crippen molar-refractivity contribution in [2.75, 3.05) is 18.1 Å². The molecule has 2 N–H and O–H groups in total. The van der Waals surface area contributed by atoms with Crippen LogP contribution >= 0.6 is 0 Å². The molecule has 0 aliphatic carbocycles. The monoisotopic (exact) mass is 377 g/mol. The Bertz CT molecular complexity index is 924. The third-order valence-corrected chi connectivity index (χ3v) is 4.75. The molecule has 0 bridgehead atoms. The van der Waals surface area contributed by atoms with E-state index in [4.69, 9.17) is 0 Å². The first-order valence-corrected chi connectivity index (χ1v) is 9.71. The Labute approximate surface area is 151 Å². The van der Waals surface area contributed by atoms with Crippen molar-refractivity contribution in [2.24, 2.45) is 0 Å². The zero-order valence-electron chi connectivity index (χ0n) is 14.4. The quantitative estimate of drug-likeness (QED) is 0.565. The van der Waals surface area contributed by atoms with E-state index in [9.17, 15) is 23.3 Å². The third-order valence-electron chi connectivity index (χ3n) is 3.62. The Morgan fingerprint density at radius 3 is 2.35 bits per heavy atom. The van der Waals surface area contributed by atoms with Crippen LogP contribution in [0.2, 0.25) is 0 Å². The lowest BCUT2D eigenvalue weighted by atomic mass is 10.1. The van der Waals surface area contributed by atoms with Crippen molar-refractivity contribution in [3.05, 3.63) is 63.7 Å². The van der Waals surface area contributed by atoms with E-state index in [1.807, 2.05) is 6.92 Å². The molecule has 9 heteroatoms. The number of nitrogens with zero attached hydrogens (tertiary/aromatic N) is 1. The van der Waals surface area contributed by atoms with Crippen molar-refractivity contribution < 1.29 is 18.1 Å². The van der Waals surface area contributed by atoms with Crippen LogP contribution in [0.15, 0.2) is 47.4 Å². The fourth-order valence-electron chi connectivity index (χ4n) is 2.39. The lowest BCUT2D eigenvalue weighted by Gasteiger charge is -2.10. The summed E-state index contributed by atoms with van der Waals surface area (Å²) < 4.78 is 23.5. The summed E-state index contributed by atoms with van der Waals surface area (Å²) in [6.07, 6.45) is 0.930. The van der Waals surface area contributed by atoms with Gasteiger partial charge in [0, 0.05) is 24.9 Å². The van der Waals surface area contributed by atoms with Gasteiger partial charge in [0.25, 0.3) is 5.91 Å². The van der Waals surface area contributed by atoms with Crippen LogP contribution in [-0.2, 0) is 16.4 Å². The van der Waals surface area contributed by atoms with E-state index >= 15 is 0 Å².